The summed E-state index contributed by atoms with van der Waals surface area (Å²) in [6.45, 7) is 2.87. The molecule has 0 saturated carbocycles. The van der Waals surface area contributed by atoms with Crippen LogP contribution in [0.25, 0.3) is 5.57 Å². The number of halogens is 6. The fourth-order valence-corrected chi connectivity index (χ4v) is 3.70. The average molecular weight is 443 g/mol. The standard InChI is InChI=1S/C22H19F6NO2/c1-12(2)18-19(30)17(14-6-4-3-5-7-14)20(31)29(18)11-13-8-15(21(23,24)25)10-16(9-13)22(26,27)28/h3-10,12,18,30H,11H2,1-2H3/t18-/m0/s1. The molecule has 0 aromatic heterocycles. The summed E-state index contributed by atoms with van der Waals surface area (Å²) in [6.07, 6.45) is -9.98. The minimum absolute atomic E-state index is 0.0117. The van der Waals surface area contributed by atoms with Gasteiger partial charge in [-0.1, -0.05) is 44.2 Å². The Kier molecular flexibility index (Phi) is 5.82. The first kappa shape index (κ1) is 22.7. The van der Waals surface area contributed by atoms with Crippen molar-refractivity contribution in [3.63, 3.8) is 0 Å². The van der Waals surface area contributed by atoms with E-state index in [1.54, 1.807) is 44.2 Å². The van der Waals surface area contributed by atoms with Gasteiger partial charge in [0.05, 0.1) is 22.7 Å². The van der Waals surface area contributed by atoms with Gasteiger partial charge in [-0.2, -0.15) is 26.3 Å². The van der Waals surface area contributed by atoms with Crippen LogP contribution in [0.1, 0.15) is 36.1 Å². The van der Waals surface area contributed by atoms with Crippen molar-refractivity contribution < 1.29 is 36.2 Å². The van der Waals surface area contributed by atoms with Gasteiger partial charge in [0.2, 0.25) is 0 Å². The summed E-state index contributed by atoms with van der Waals surface area (Å²) in [5, 5.41) is 10.7. The number of aliphatic hydroxyl groups excluding tert-OH is 1. The van der Waals surface area contributed by atoms with E-state index in [2.05, 4.69) is 0 Å². The molecule has 0 fully saturated rings. The molecule has 0 bridgehead atoms. The number of nitrogens with zero attached hydrogens (tertiary/aromatic N) is 1. The van der Waals surface area contributed by atoms with E-state index in [4.69, 9.17) is 0 Å². The molecule has 1 atom stereocenters. The van der Waals surface area contributed by atoms with Crippen LogP contribution in [-0.2, 0) is 23.7 Å². The monoisotopic (exact) mass is 443 g/mol. The number of carbonyl (C=O) groups excluding carboxylic acids is 1. The molecule has 1 amide bonds. The lowest BCUT2D eigenvalue weighted by atomic mass is 9.99. The first-order valence-electron chi connectivity index (χ1n) is 9.38. The van der Waals surface area contributed by atoms with Gasteiger partial charge in [0, 0.05) is 6.54 Å². The molecule has 0 spiro atoms. The number of aliphatic hydroxyl groups is 1. The third kappa shape index (κ3) is 4.55. The van der Waals surface area contributed by atoms with Crippen LogP contribution in [-0.4, -0.2) is 22.0 Å². The average Bonchev–Trinajstić information content (AvgIpc) is 2.90. The fourth-order valence-electron chi connectivity index (χ4n) is 3.70. The summed E-state index contributed by atoms with van der Waals surface area (Å²) in [5.41, 5.74) is -2.83. The summed E-state index contributed by atoms with van der Waals surface area (Å²) in [7, 11) is 0. The van der Waals surface area contributed by atoms with Gasteiger partial charge < -0.3 is 10.0 Å². The number of alkyl halides is 6. The predicted molar refractivity (Wildman–Crippen MR) is 102 cm³/mol. The molecule has 2 aromatic carbocycles. The summed E-state index contributed by atoms with van der Waals surface area (Å²) < 4.78 is 79.1. The molecule has 0 radical (unpaired) electrons. The largest absolute Gasteiger partial charge is 0.509 e. The molecule has 1 heterocycles. The smallest absolute Gasteiger partial charge is 0.416 e. The van der Waals surface area contributed by atoms with Crippen LogP contribution in [0.3, 0.4) is 0 Å². The van der Waals surface area contributed by atoms with Crippen LogP contribution >= 0.6 is 0 Å². The summed E-state index contributed by atoms with van der Waals surface area (Å²) in [4.78, 5) is 14.2. The highest BCUT2D eigenvalue weighted by atomic mass is 19.4. The Morgan fingerprint density at radius 3 is 1.90 bits per heavy atom. The van der Waals surface area contributed by atoms with E-state index in [9.17, 15) is 36.2 Å². The Balaban J connectivity index is 2.05. The highest BCUT2D eigenvalue weighted by Gasteiger charge is 2.42. The molecule has 9 heteroatoms. The van der Waals surface area contributed by atoms with Crippen LogP contribution < -0.4 is 0 Å². The Labute approximate surface area is 174 Å². The lowest BCUT2D eigenvalue weighted by molar-refractivity contribution is -0.143. The van der Waals surface area contributed by atoms with E-state index in [0.717, 1.165) is 4.90 Å². The van der Waals surface area contributed by atoms with Crippen molar-refractivity contribution in [1.82, 2.24) is 4.90 Å². The van der Waals surface area contributed by atoms with Gasteiger partial charge in [-0.15, -0.1) is 0 Å². The molecular weight excluding hydrogens is 424 g/mol. The van der Waals surface area contributed by atoms with Crippen LogP contribution in [0.5, 0.6) is 0 Å². The molecule has 2 aromatic rings. The molecule has 166 valence electrons. The maximum absolute atomic E-state index is 13.2. The number of amides is 1. The van der Waals surface area contributed by atoms with E-state index in [1.165, 1.54) is 0 Å². The van der Waals surface area contributed by atoms with Crippen molar-refractivity contribution in [3.05, 3.63) is 76.5 Å². The van der Waals surface area contributed by atoms with E-state index in [1.807, 2.05) is 0 Å². The summed E-state index contributed by atoms with van der Waals surface area (Å²) in [5.74, 6) is -1.25. The van der Waals surface area contributed by atoms with Crippen LogP contribution in [0, 0.1) is 5.92 Å². The van der Waals surface area contributed by atoms with Gasteiger partial charge in [0.15, 0.2) is 0 Å². The Morgan fingerprint density at radius 1 is 0.935 bits per heavy atom. The molecule has 1 aliphatic heterocycles. The first-order valence-corrected chi connectivity index (χ1v) is 9.38. The second kappa shape index (κ2) is 7.94. The Hall–Kier alpha value is -2.97. The van der Waals surface area contributed by atoms with Crippen LogP contribution in [0.2, 0.25) is 0 Å². The third-order valence-electron chi connectivity index (χ3n) is 5.04. The summed E-state index contributed by atoms with van der Waals surface area (Å²) in [6, 6.07) is 8.55. The molecule has 3 nitrogen and oxygen atoms in total. The van der Waals surface area contributed by atoms with Gasteiger partial charge in [-0.3, -0.25) is 4.79 Å². The topological polar surface area (TPSA) is 40.5 Å². The minimum atomic E-state index is -4.99. The fraction of sp³-hybridized carbons (Fsp3) is 0.318. The molecule has 1 aliphatic rings. The second-order valence-electron chi connectivity index (χ2n) is 7.66. The Morgan fingerprint density at radius 2 is 1.45 bits per heavy atom. The van der Waals surface area contributed by atoms with Crippen molar-refractivity contribution >= 4 is 11.5 Å². The highest BCUT2D eigenvalue weighted by molar-refractivity contribution is 6.22. The molecule has 3 rings (SSSR count). The van der Waals surface area contributed by atoms with E-state index in [0.29, 0.717) is 17.7 Å². The maximum Gasteiger partial charge on any atom is 0.416 e. The molecule has 31 heavy (non-hydrogen) atoms. The number of carbonyl (C=O) groups is 1. The summed E-state index contributed by atoms with van der Waals surface area (Å²) >= 11 is 0. The number of rotatable bonds is 4. The number of hydrogen-bond donors (Lipinski definition) is 1. The number of benzene rings is 2. The molecule has 0 aliphatic carbocycles. The first-order chi connectivity index (χ1) is 14.3. The van der Waals surface area contributed by atoms with Crippen molar-refractivity contribution in [2.75, 3.05) is 0 Å². The zero-order chi connectivity index (χ0) is 23.1. The van der Waals surface area contributed by atoms with E-state index >= 15 is 0 Å². The molecule has 0 unspecified atom stereocenters. The normalized spacial score (nSPS) is 17.8. The zero-order valence-corrected chi connectivity index (χ0v) is 16.6. The molecular formula is C22H19F6NO2. The van der Waals surface area contributed by atoms with Crippen molar-refractivity contribution in [2.24, 2.45) is 5.92 Å². The highest BCUT2D eigenvalue weighted by Crippen LogP contribution is 2.39. The van der Waals surface area contributed by atoms with Crippen LogP contribution in [0.15, 0.2) is 54.3 Å². The Bertz CT molecular complexity index is 977. The number of hydrogen-bond acceptors (Lipinski definition) is 2. The van der Waals surface area contributed by atoms with Gasteiger partial charge in [-0.25, -0.2) is 0 Å². The van der Waals surface area contributed by atoms with E-state index in [-0.39, 0.29) is 28.9 Å². The maximum atomic E-state index is 13.2. The predicted octanol–water partition coefficient (Wildman–Crippen LogP) is 6.06. The quantitative estimate of drug-likeness (QED) is 0.584. The molecule has 1 N–H and O–H groups in total. The van der Waals surface area contributed by atoms with Gasteiger partial charge in [-0.05, 0) is 35.2 Å². The SMILES string of the molecule is CC(C)[C@H]1C(O)=C(c2ccccc2)C(=O)N1Cc1cc(C(F)(F)F)cc(C(F)(F)F)c1. The zero-order valence-electron chi connectivity index (χ0n) is 16.6. The lowest BCUT2D eigenvalue weighted by Gasteiger charge is -2.29. The van der Waals surface area contributed by atoms with Crippen LogP contribution in [0.4, 0.5) is 26.3 Å². The van der Waals surface area contributed by atoms with Gasteiger partial charge in [0.1, 0.15) is 5.76 Å². The third-order valence-corrected chi connectivity index (χ3v) is 5.04. The van der Waals surface area contributed by atoms with Crippen molar-refractivity contribution in [3.8, 4) is 0 Å². The van der Waals surface area contributed by atoms with E-state index < -0.39 is 42.0 Å². The van der Waals surface area contributed by atoms with Gasteiger partial charge in [0.25, 0.3) is 5.91 Å². The molecule has 0 saturated heterocycles. The van der Waals surface area contributed by atoms with Crippen molar-refractivity contribution in [2.45, 2.75) is 38.8 Å². The minimum Gasteiger partial charge on any atom is -0.509 e. The lowest BCUT2D eigenvalue weighted by Crippen LogP contribution is -2.38. The van der Waals surface area contributed by atoms with Crippen molar-refractivity contribution in [1.29, 1.82) is 0 Å². The van der Waals surface area contributed by atoms with Gasteiger partial charge >= 0.3 is 12.4 Å². The second-order valence-corrected chi connectivity index (χ2v) is 7.66.